The molecule has 0 bridgehead atoms. The van der Waals surface area contributed by atoms with Gasteiger partial charge in [-0.2, -0.15) is 0 Å². The van der Waals surface area contributed by atoms with E-state index in [1.165, 1.54) is 0 Å². The zero-order chi connectivity index (χ0) is 11.8. The minimum Gasteiger partial charge on any atom is -0.549 e. The normalized spacial score (nSPS) is 29.3. The number of hydrogen-bond donors (Lipinski definition) is 0. The molecule has 1 saturated carbocycles. The van der Waals surface area contributed by atoms with Gasteiger partial charge in [0.25, 0.3) is 0 Å². The molecule has 2 atom stereocenters. The fraction of sp³-hybridized carbons (Fsp3) is 0.385. The van der Waals surface area contributed by atoms with Gasteiger partial charge in [0.1, 0.15) is 5.78 Å². The van der Waals surface area contributed by atoms with E-state index in [9.17, 15) is 14.7 Å². The van der Waals surface area contributed by atoms with Gasteiger partial charge >= 0.3 is 0 Å². The second-order valence-electron chi connectivity index (χ2n) is 4.31. The van der Waals surface area contributed by atoms with Gasteiger partial charge in [-0.15, -0.1) is 0 Å². The molecule has 1 aliphatic rings. The predicted octanol–water partition coefficient (Wildman–Crippen LogP) is 0.673. The van der Waals surface area contributed by atoms with Crippen molar-refractivity contribution in [3.63, 3.8) is 0 Å². The molecular formula is C13H13O3-. The zero-order valence-corrected chi connectivity index (χ0v) is 9.10. The highest BCUT2D eigenvalue weighted by Gasteiger charge is 2.47. The van der Waals surface area contributed by atoms with Gasteiger partial charge in [0.05, 0.1) is 5.97 Å². The third-order valence-corrected chi connectivity index (χ3v) is 3.64. The monoisotopic (exact) mass is 217 g/mol. The Hall–Kier alpha value is -1.64. The van der Waals surface area contributed by atoms with E-state index in [4.69, 9.17) is 0 Å². The number of ketones is 1. The number of carbonyl (C=O) groups excluding carboxylic acids is 2. The first-order valence-corrected chi connectivity index (χ1v) is 5.38. The Morgan fingerprint density at radius 1 is 1.38 bits per heavy atom. The molecule has 1 aromatic carbocycles. The Kier molecular flexibility index (Phi) is 2.54. The van der Waals surface area contributed by atoms with Crippen LogP contribution in [0.3, 0.4) is 0 Å². The average Bonchev–Trinajstić information content (AvgIpc) is 2.59. The minimum atomic E-state index is -1.14. The summed E-state index contributed by atoms with van der Waals surface area (Å²) in [5.41, 5.74) is -0.452. The Labute approximate surface area is 94.1 Å². The van der Waals surface area contributed by atoms with E-state index in [0.717, 1.165) is 0 Å². The number of aliphatic carboxylic acids is 1. The molecule has 84 valence electrons. The number of carbonyl (C=O) groups is 2. The van der Waals surface area contributed by atoms with Gasteiger partial charge in [-0.05, 0) is 12.0 Å². The van der Waals surface area contributed by atoms with Gasteiger partial charge in [0.2, 0.25) is 0 Å². The summed E-state index contributed by atoms with van der Waals surface area (Å²) in [5.74, 6) is -1.63. The SMILES string of the molecule is CC1C(=O)CCC1(C(=O)[O-])c1ccccc1. The maximum absolute atomic E-state index is 11.6. The van der Waals surface area contributed by atoms with Crippen LogP contribution in [0.1, 0.15) is 25.3 Å². The lowest BCUT2D eigenvalue weighted by Crippen LogP contribution is -2.48. The maximum Gasteiger partial charge on any atom is 0.137 e. The lowest BCUT2D eigenvalue weighted by molar-refractivity contribution is -0.315. The van der Waals surface area contributed by atoms with Gasteiger partial charge in [0.15, 0.2) is 0 Å². The standard InChI is InChI=1S/C13H14O3/c1-9-11(14)7-8-13(9,12(15)16)10-5-3-2-4-6-10/h2-6,9H,7-8H2,1H3,(H,15,16)/p-1. The average molecular weight is 217 g/mol. The molecule has 16 heavy (non-hydrogen) atoms. The molecule has 0 N–H and O–H groups in total. The van der Waals surface area contributed by atoms with E-state index >= 15 is 0 Å². The van der Waals surface area contributed by atoms with Crippen molar-refractivity contribution in [3.8, 4) is 0 Å². The van der Waals surface area contributed by atoms with E-state index < -0.39 is 17.3 Å². The fourth-order valence-corrected chi connectivity index (χ4v) is 2.55. The van der Waals surface area contributed by atoms with Gasteiger partial charge in [0, 0.05) is 17.8 Å². The van der Waals surface area contributed by atoms with Crippen molar-refractivity contribution < 1.29 is 14.7 Å². The molecule has 2 rings (SSSR count). The number of carboxylic acid groups (broad SMARTS) is 1. The summed E-state index contributed by atoms with van der Waals surface area (Å²) in [6.07, 6.45) is 0.670. The van der Waals surface area contributed by atoms with E-state index in [1.807, 2.05) is 6.07 Å². The molecule has 0 aromatic heterocycles. The third kappa shape index (κ3) is 1.35. The molecule has 3 heteroatoms. The summed E-state index contributed by atoms with van der Waals surface area (Å²) in [4.78, 5) is 23.0. The molecule has 2 unspecified atom stereocenters. The first-order valence-electron chi connectivity index (χ1n) is 5.38. The molecule has 0 spiro atoms. The van der Waals surface area contributed by atoms with Gasteiger partial charge in [-0.1, -0.05) is 37.3 Å². The Balaban J connectivity index is 2.54. The molecule has 0 heterocycles. The molecule has 0 amide bonds. The molecule has 3 nitrogen and oxygen atoms in total. The predicted molar refractivity (Wildman–Crippen MR) is 56.5 cm³/mol. The third-order valence-electron chi connectivity index (χ3n) is 3.64. The fourth-order valence-electron chi connectivity index (χ4n) is 2.55. The number of carboxylic acids is 1. The van der Waals surface area contributed by atoms with E-state index in [-0.39, 0.29) is 5.78 Å². The summed E-state index contributed by atoms with van der Waals surface area (Å²) in [5, 5.41) is 11.4. The smallest absolute Gasteiger partial charge is 0.137 e. The first-order chi connectivity index (χ1) is 7.59. The number of benzene rings is 1. The van der Waals surface area contributed by atoms with Crippen LogP contribution in [0.15, 0.2) is 30.3 Å². The molecule has 0 aliphatic heterocycles. The molecule has 1 aliphatic carbocycles. The van der Waals surface area contributed by atoms with Crippen LogP contribution in [-0.2, 0) is 15.0 Å². The summed E-state index contributed by atoms with van der Waals surface area (Å²) >= 11 is 0. The van der Waals surface area contributed by atoms with E-state index in [1.54, 1.807) is 31.2 Å². The molecule has 0 saturated heterocycles. The van der Waals surface area contributed by atoms with E-state index in [2.05, 4.69) is 0 Å². The van der Waals surface area contributed by atoms with Crippen molar-refractivity contribution in [2.24, 2.45) is 5.92 Å². The number of hydrogen-bond acceptors (Lipinski definition) is 3. The highest BCUT2D eigenvalue weighted by molar-refractivity contribution is 5.95. The van der Waals surface area contributed by atoms with Crippen LogP contribution in [-0.4, -0.2) is 11.8 Å². The van der Waals surface area contributed by atoms with Gasteiger partial charge in [-0.25, -0.2) is 0 Å². The summed E-state index contributed by atoms with van der Waals surface area (Å²) < 4.78 is 0. The van der Waals surface area contributed by atoms with Crippen LogP contribution in [0, 0.1) is 5.92 Å². The van der Waals surface area contributed by atoms with Crippen LogP contribution in [0.25, 0.3) is 0 Å². The highest BCUT2D eigenvalue weighted by atomic mass is 16.4. The number of Topliss-reactive ketones (excluding diaryl/α,β-unsaturated/α-hetero) is 1. The second kappa shape index (κ2) is 3.74. The van der Waals surface area contributed by atoms with Crippen molar-refractivity contribution in [3.05, 3.63) is 35.9 Å². The van der Waals surface area contributed by atoms with E-state index in [0.29, 0.717) is 18.4 Å². The van der Waals surface area contributed by atoms with Crippen LogP contribution in [0.2, 0.25) is 0 Å². The lowest BCUT2D eigenvalue weighted by Gasteiger charge is -2.34. The van der Waals surface area contributed by atoms with Crippen LogP contribution < -0.4 is 5.11 Å². The van der Waals surface area contributed by atoms with Gasteiger partial charge in [-0.3, -0.25) is 4.79 Å². The summed E-state index contributed by atoms with van der Waals surface area (Å²) in [6, 6.07) is 8.91. The van der Waals surface area contributed by atoms with Crippen LogP contribution in [0.5, 0.6) is 0 Å². The Morgan fingerprint density at radius 3 is 2.44 bits per heavy atom. The molecule has 1 aromatic rings. The quantitative estimate of drug-likeness (QED) is 0.731. The second-order valence-corrected chi connectivity index (χ2v) is 4.31. The topological polar surface area (TPSA) is 57.2 Å². The van der Waals surface area contributed by atoms with Crippen molar-refractivity contribution in [1.82, 2.24) is 0 Å². The molecule has 0 radical (unpaired) electrons. The largest absolute Gasteiger partial charge is 0.549 e. The maximum atomic E-state index is 11.6. The van der Waals surface area contributed by atoms with Crippen LogP contribution >= 0.6 is 0 Å². The van der Waals surface area contributed by atoms with Crippen molar-refractivity contribution in [2.75, 3.05) is 0 Å². The number of rotatable bonds is 2. The summed E-state index contributed by atoms with van der Waals surface area (Å²) in [7, 11) is 0. The lowest BCUT2D eigenvalue weighted by atomic mass is 9.73. The molecule has 1 fully saturated rings. The Bertz CT molecular complexity index is 424. The van der Waals surface area contributed by atoms with Crippen molar-refractivity contribution >= 4 is 11.8 Å². The van der Waals surface area contributed by atoms with Gasteiger partial charge < -0.3 is 9.90 Å². The first kappa shape index (κ1) is 10.9. The Morgan fingerprint density at radius 2 is 2.00 bits per heavy atom. The van der Waals surface area contributed by atoms with Crippen molar-refractivity contribution in [1.29, 1.82) is 0 Å². The minimum absolute atomic E-state index is 0.00746. The highest BCUT2D eigenvalue weighted by Crippen LogP contribution is 2.43. The zero-order valence-electron chi connectivity index (χ0n) is 9.10. The van der Waals surface area contributed by atoms with Crippen LogP contribution in [0.4, 0.5) is 0 Å². The molecular weight excluding hydrogens is 204 g/mol. The van der Waals surface area contributed by atoms with Crippen molar-refractivity contribution in [2.45, 2.75) is 25.2 Å². The summed E-state index contributed by atoms with van der Waals surface area (Å²) in [6.45, 7) is 1.68.